The number of esters is 1. The van der Waals surface area contributed by atoms with Crippen molar-refractivity contribution in [1.82, 2.24) is 4.90 Å². The number of nitrogens with zero attached hydrogens (tertiary/aromatic N) is 1. The Bertz CT molecular complexity index is 268. The van der Waals surface area contributed by atoms with E-state index < -0.39 is 24.2 Å². The van der Waals surface area contributed by atoms with Crippen LogP contribution >= 0.6 is 0 Å². The van der Waals surface area contributed by atoms with E-state index in [0.29, 0.717) is 0 Å². The molecule has 0 aromatic heterocycles. The van der Waals surface area contributed by atoms with Gasteiger partial charge in [-0.15, -0.1) is 4.90 Å². The molecule has 7 heteroatoms. The van der Waals surface area contributed by atoms with E-state index in [9.17, 15) is 19.2 Å². The van der Waals surface area contributed by atoms with Crippen LogP contribution in [0.4, 0.5) is 14.4 Å². The van der Waals surface area contributed by atoms with Crippen LogP contribution in [0.1, 0.15) is 6.92 Å². The van der Waals surface area contributed by atoms with Gasteiger partial charge in [-0.05, 0) is 0 Å². The Balaban J connectivity index is 2.58. The van der Waals surface area contributed by atoms with Gasteiger partial charge < -0.3 is 9.47 Å². The fraction of sp³-hybridized carbons (Fsp3) is 0.200. The molecule has 1 aliphatic rings. The highest BCUT2D eigenvalue weighted by Gasteiger charge is 2.45. The topological polar surface area (TPSA) is 90.0 Å². The molecular weight excluding hydrogens is 170 g/mol. The standard InChI is InChI=1S/C5H3NO6/c1-2(7)11-3(8)6-4(9)12-5(6)10/h1H3. The van der Waals surface area contributed by atoms with E-state index in [4.69, 9.17) is 0 Å². The van der Waals surface area contributed by atoms with Crippen LogP contribution in [0.3, 0.4) is 0 Å². The lowest BCUT2D eigenvalue weighted by molar-refractivity contribution is -0.135. The van der Waals surface area contributed by atoms with Gasteiger partial charge in [0.25, 0.3) is 0 Å². The summed E-state index contributed by atoms with van der Waals surface area (Å²) in [6, 6.07) is 0. The predicted octanol–water partition coefficient (Wildman–Crippen LogP) is 0.242. The van der Waals surface area contributed by atoms with Gasteiger partial charge in [0.05, 0.1) is 0 Å². The lowest BCUT2D eigenvalue weighted by atomic mass is 10.7. The molecular formula is C5H3NO6. The number of amides is 3. The molecule has 64 valence electrons. The Morgan fingerprint density at radius 1 is 1.33 bits per heavy atom. The van der Waals surface area contributed by atoms with E-state index in [1.165, 1.54) is 0 Å². The largest absolute Gasteiger partial charge is 0.438 e. The van der Waals surface area contributed by atoms with E-state index in [-0.39, 0.29) is 4.90 Å². The molecule has 0 atom stereocenters. The van der Waals surface area contributed by atoms with Gasteiger partial charge in [0.1, 0.15) is 0 Å². The molecule has 0 aliphatic carbocycles. The second kappa shape index (κ2) is 2.61. The third-order valence-electron chi connectivity index (χ3n) is 0.953. The summed E-state index contributed by atoms with van der Waals surface area (Å²) in [5.41, 5.74) is 0. The molecule has 1 saturated heterocycles. The molecule has 0 aromatic carbocycles. The van der Waals surface area contributed by atoms with Crippen molar-refractivity contribution in [3.8, 4) is 0 Å². The third-order valence-corrected chi connectivity index (χ3v) is 0.953. The van der Waals surface area contributed by atoms with Crippen molar-refractivity contribution >= 4 is 24.2 Å². The number of carbonyl (C=O) groups excluding carboxylic acids is 4. The maximum absolute atomic E-state index is 10.6. The van der Waals surface area contributed by atoms with Crippen molar-refractivity contribution in [3.05, 3.63) is 0 Å². The van der Waals surface area contributed by atoms with Crippen LogP contribution in [0.5, 0.6) is 0 Å². The molecule has 7 nitrogen and oxygen atoms in total. The molecule has 0 unspecified atom stereocenters. The molecule has 1 fully saturated rings. The molecule has 0 spiro atoms. The van der Waals surface area contributed by atoms with Gasteiger partial charge in [-0.25, -0.2) is 14.4 Å². The predicted molar refractivity (Wildman–Crippen MR) is 30.9 cm³/mol. The maximum atomic E-state index is 10.6. The van der Waals surface area contributed by atoms with Crippen LogP contribution in [-0.4, -0.2) is 29.1 Å². The zero-order chi connectivity index (χ0) is 9.30. The quantitative estimate of drug-likeness (QED) is 0.385. The summed E-state index contributed by atoms with van der Waals surface area (Å²) in [5.74, 6) is -0.910. The Hall–Kier alpha value is -1.92. The van der Waals surface area contributed by atoms with Gasteiger partial charge in [-0.2, -0.15) is 0 Å². The molecule has 0 saturated carbocycles. The first-order chi connectivity index (χ1) is 5.52. The average Bonchev–Trinajstić information content (AvgIpc) is 1.83. The zero-order valence-corrected chi connectivity index (χ0v) is 5.90. The summed E-state index contributed by atoms with van der Waals surface area (Å²) in [4.78, 5) is 41.5. The van der Waals surface area contributed by atoms with Crippen molar-refractivity contribution in [2.24, 2.45) is 0 Å². The van der Waals surface area contributed by atoms with E-state index in [2.05, 4.69) is 9.47 Å². The highest BCUT2D eigenvalue weighted by atomic mass is 16.7. The monoisotopic (exact) mass is 173 g/mol. The highest BCUT2D eigenvalue weighted by molar-refractivity contribution is 6.15. The van der Waals surface area contributed by atoms with Gasteiger partial charge in [-0.3, -0.25) is 4.79 Å². The molecule has 1 aliphatic heterocycles. The molecule has 12 heavy (non-hydrogen) atoms. The Morgan fingerprint density at radius 2 is 1.83 bits per heavy atom. The number of carbonyl (C=O) groups is 4. The van der Waals surface area contributed by atoms with Gasteiger partial charge >= 0.3 is 24.2 Å². The summed E-state index contributed by atoms with van der Waals surface area (Å²) in [7, 11) is 0. The molecule has 3 amide bonds. The second-order valence-electron chi connectivity index (χ2n) is 1.83. The van der Waals surface area contributed by atoms with Gasteiger partial charge in [0, 0.05) is 6.92 Å². The van der Waals surface area contributed by atoms with E-state index >= 15 is 0 Å². The minimum atomic E-state index is -1.34. The van der Waals surface area contributed by atoms with Crippen LogP contribution in [0.15, 0.2) is 0 Å². The number of rotatable bonds is 0. The fourth-order valence-electron chi connectivity index (χ4n) is 0.519. The Labute approximate surface area is 65.8 Å². The molecule has 0 aromatic rings. The second-order valence-corrected chi connectivity index (χ2v) is 1.83. The summed E-state index contributed by atoms with van der Waals surface area (Å²) in [5, 5.41) is 0. The summed E-state index contributed by atoms with van der Waals surface area (Å²) in [6.07, 6.45) is -3.64. The van der Waals surface area contributed by atoms with Crippen molar-refractivity contribution in [2.75, 3.05) is 0 Å². The smallest absolute Gasteiger partial charge is 0.376 e. The number of hydrogen-bond acceptors (Lipinski definition) is 6. The number of cyclic esters (lactones) is 2. The van der Waals surface area contributed by atoms with Crippen LogP contribution in [-0.2, 0) is 14.3 Å². The highest BCUT2D eigenvalue weighted by Crippen LogP contribution is 2.11. The molecule has 1 heterocycles. The average molecular weight is 173 g/mol. The molecule has 0 bridgehead atoms. The molecule has 1 rings (SSSR count). The van der Waals surface area contributed by atoms with Gasteiger partial charge in [0.2, 0.25) is 0 Å². The third kappa shape index (κ3) is 1.24. The molecule has 0 N–H and O–H groups in total. The van der Waals surface area contributed by atoms with Crippen LogP contribution < -0.4 is 0 Å². The molecule has 0 radical (unpaired) electrons. The van der Waals surface area contributed by atoms with Crippen molar-refractivity contribution in [3.63, 3.8) is 0 Å². The van der Waals surface area contributed by atoms with Crippen LogP contribution in [0, 0.1) is 0 Å². The van der Waals surface area contributed by atoms with Crippen molar-refractivity contribution < 1.29 is 28.7 Å². The lowest BCUT2D eigenvalue weighted by Crippen LogP contribution is -2.53. The van der Waals surface area contributed by atoms with Crippen LogP contribution in [0.25, 0.3) is 0 Å². The van der Waals surface area contributed by atoms with E-state index in [0.717, 1.165) is 6.92 Å². The first kappa shape index (κ1) is 8.18. The van der Waals surface area contributed by atoms with E-state index in [1.807, 2.05) is 0 Å². The lowest BCUT2D eigenvalue weighted by Gasteiger charge is -2.22. The number of ether oxygens (including phenoxy) is 2. The SMILES string of the molecule is CC(=O)OC(=O)N1C(=O)OC1=O. The van der Waals surface area contributed by atoms with Gasteiger partial charge in [0.15, 0.2) is 0 Å². The minimum Gasteiger partial charge on any atom is -0.376 e. The normalized spacial score (nSPS) is 14.9. The zero-order valence-electron chi connectivity index (χ0n) is 5.90. The maximum Gasteiger partial charge on any atom is 0.438 e. The van der Waals surface area contributed by atoms with Crippen molar-refractivity contribution in [1.29, 1.82) is 0 Å². The van der Waals surface area contributed by atoms with E-state index in [1.54, 1.807) is 0 Å². The summed E-state index contributed by atoms with van der Waals surface area (Å²) < 4.78 is 7.71. The van der Waals surface area contributed by atoms with Crippen molar-refractivity contribution in [2.45, 2.75) is 6.92 Å². The summed E-state index contributed by atoms with van der Waals surface area (Å²) >= 11 is 0. The Morgan fingerprint density at radius 3 is 2.17 bits per heavy atom. The first-order valence-electron chi connectivity index (χ1n) is 2.80. The minimum absolute atomic E-state index is 0.0708. The van der Waals surface area contributed by atoms with Gasteiger partial charge in [-0.1, -0.05) is 0 Å². The van der Waals surface area contributed by atoms with Crippen LogP contribution in [0.2, 0.25) is 0 Å². The first-order valence-corrected chi connectivity index (χ1v) is 2.80. The Kier molecular flexibility index (Phi) is 1.78. The summed E-state index contributed by atoms with van der Waals surface area (Å²) in [6.45, 7) is 0.966. The number of hydrogen-bond donors (Lipinski definition) is 0. The number of imide groups is 3. The fourth-order valence-corrected chi connectivity index (χ4v) is 0.519.